The molecule has 252 valence electrons. The van der Waals surface area contributed by atoms with Gasteiger partial charge in [0.2, 0.25) is 17.7 Å². The number of aromatic nitrogens is 2. The minimum atomic E-state index is -0.934. The lowest BCUT2D eigenvalue weighted by atomic mass is 9.79. The predicted octanol–water partition coefficient (Wildman–Crippen LogP) is 2.61. The van der Waals surface area contributed by atoms with Gasteiger partial charge in [0.05, 0.1) is 5.69 Å². The van der Waals surface area contributed by atoms with Crippen molar-refractivity contribution in [2.45, 2.75) is 71.0 Å². The van der Waals surface area contributed by atoms with E-state index in [0.717, 1.165) is 25.7 Å². The van der Waals surface area contributed by atoms with E-state index >= 15 is 4.39 Å². The van der Waals surface area contributed by atoms with Crippen molar-refractivity contribution in [2.24, 2.45) is 11.8 Å². The van der Waals surface area contributed by atoms with E-state index < -0.39 is 41.5 Å². The molecule has 1 aromatic heterocycles. The molecule has 1 saturated carbocycles. The zero-order valence-corrected chi connectivity index (χ0v) is 27.6. The van der Waals surface area contributed by atoms with E-state index in [1.165, 1.54) is 19.2 Å². The highest BCUT2D eigenvalue weighted by Crippen LogP contribution is 2.32. The van der Waals surface area contributed by atoms with Crippen LogP contribution in [0.4, 0.5) is 10.1 Å². The Morgan fingerprint density at radius 2 is 1.74 bits per heavy atom. The van der Waals surface area contributed by atoms with Crippen LogP contribution in [0.25, 0.3) is 0 Å². The fourth-order valence-electron chi connectivity index (χ4n) is 6.30. The van der Waals surface area contributed by atoms with Crippen LogP contribution in [0.15, 0.2) is 30.5 Å². The lowest BCUT2D eigenvalue weighted by Gasteiger charge is -2.36. The molecule has 13 heteroatoms. The molecule has 0 bridgehead atoms. The molecule has 2 aromatic rings. The summed E-state index contributed by atoms with van der Waals surface area (Å²) < 4.78 is 22.1. The van der Waals surface area contributed by atoms with E-state index in [2.05, 4.69) is 32.9 Å². The number of carbonyl (C=O) groups is 4. The second kappa shape index (κ2) is 16.1. The summed E-state index contributed by atoms with van der Waals surface area (Å²) in [6.45, 7) is 8.58. The number of carbonyl (C=O) groups excluding carboxylic acids is 4. The molecular weight excluding hydrogens is 593 g/mol. The van der Waals surface area contributed by atoms with E-state index in [-0.39, 0.29) is 24.1 Å². The first-order valence-electron chi connectivity index (χ1n) is 16.2. The Hall–Kier alpha value is -3.84. The number of amides is 4. The number of aryl methyl sites for hydroxylation is 1. The summed E-state index contributed by atoms with van der Waals surface area (Å²) in [5, 5.41) is 12.5. The number of hydrogen-bond acceptors (Lipinski definition) is 7. The highest BCUT2D eigenvalue weighted by molar-refractivity contribution is 6.00. The van der Waals surface area contributed by atoms with Crippen LogP contribution in [-0.4, -0.2) is 102 Å². The molecule has 0 radical (unpaired) electrons. The zero-order valence-electron chi connectivity index (χ0n) is 27.6. The molecule has 4 rings (SSSR count). The molecule has 46 heavy (non-hydrogen) atoms. The maximum atomic E-state index is 15.6. The number of piperazine rings is 1. The van der Waals surface area contributed by atoms with Crippen molar-refractivity contribution in [3.8, 4) is 0 Å². The molecule has 3 atom stereocenters. The third-order valence-corrected chi connectivity index (χ3v) is 9.30. The molecule has 1 aromatic carbocycles. The highest BCUT2D eigenvalue weighted by Gasteiger charge is 2.35. The minimum Gasteiger partial charge on any atom is -0.375 e. The summed E-state index contributed by atoms with van der Waals surface area (Å²) in [6, 6.07) is 4.20. The number of rotatable bonds is 12. The van der Waals surface area contributed by atoms with Gasteiger partial charge < -0.3 is 30.5 Å². The van der Waals surface area contributed by atoms with Gasteiger partial charge in [0.1, 0.15) is 30.2 Å². The average Bonchev–Trinajstić information content (AvgIpc) is 3.53. The molecule has 12 nitrogen and oxygen atoms in total. The number of hydrogen-bond donors (Lipinski definition) is 3. The summed E-state index contributed by atoms with van der Waals surface area (Å²) in [5.41, 5.74) is 0.806. The Bertz CT molecular complexity index is 1370. The van der Waals surface area contributed by atoms with Crippen molar-refractivity contribution in [3.05, 3.63) is 47.5 Å². The highest BCUT2D eigenvalue weighted by atomic mass is 19.1. The number of nitrogens with zero attached hydrogens (tertiary/aromatic N) is 4. The van der Waals surface area contributed by atoms with Gasteiger partial charge >= 0.3 is 0 Å². The summed E-state index contributed by atoms with van der Waals surface area (Å²) >= 11 is 0. The summed E-state index contributed by atoms with van der Waals surface area (Å²) in [7, 11) is 3.38. The number of halogens is 1. The predicted molar refractivity (Wildman–Crippen MR) is 172 cm³/mol. The normalized spacial score (nSPS) is 20.8. The van der Waals surface area contributed by atoms with Gasteiger partial charge in [0.15, 0.2) is 0 Å². The van der Waals surface area contributed by atoms with Gasteiger partial charge in [-0.25, -0.2) is 4.39 Å². The topological polar surface area (TPSA) is 138 Å². The van der Waals surface area contributed by atoms with Crippen molar-refractivity contribution in [2.75, 3.05) is 52.3 Å². The summed E-state index contributed by atoms with van der Waals surface area (Å²) in [5.74, 6) is -2.41. The Labute approximate surface area is 270 Å². The molecule has 2 heterocycles. The molecule has 1 aliphatic heterocycles. The van der Waals surface area contributed by atoms with Crippen LogP contribution in [0.2, 0.25) is 0 Å². The Morgan fingerprint density at radius 1 is 1.04 bits per heavy atom. The Morgan fingerprint density at radius 3 is 2.37 bits per heavy atom. The van der Waals surface area contributed by atoms with Crippen molar-refractivity contribution in [1.29, 1.82) is 0 Å². The van der Waals surface area contributed by atoms with Crippen molar-refractivity contribution >= 4 is 29.3 Å². The fraction of sp³-hybridized carbons (Fsp3) is 0.606. The number of nitrogens with one attached hydrogen (secondary N) is 3. The van der Waals surface area contributed by atoms with Gasteiger partial charge in [0, 0.05) is 51.9 Å². The first-order chi connectivity index (χ1) is 22.0. The minimum absolute atomic E-state index is 0.0339. The Kier molecular flexibility index (Phi) is 12.3. The molecule has 1 saturated heterocycles. The second-order valence-corrected chi connectivity index (χ2v) is 12.6. The number of benzene rings is 1. The molecule has 0 spiro atoms. The molecule has 4 amide bonds. The monoisotopic (exact) mass is 641 g/mol. The van der Waals surface area contributed by atoms with E-state index in [4.69, 9.17) is 4.74 Å². The van der Waals surface area contributed by atoms with Crippen LogP contribution >= 0.6 is 0 Å². The van der Waals surface area contributed by atoms with Crippen molar-refractivity contribution in [1.82, 2.24) is 30.2 Å². The van der Waals surface area contributed by atoms with Crippen LogP contribution in [0, 0.1) is 17.7 Å². The molecular formula is C33H48FN7O5. The first kappa shape index (κ1) is 35.0. The van der Waals surface area contributed by atoms with E-state index in [0.29, 0.717) is 49.9 Å². The number of ether oxygens (including phenoxy) is 1. The lowest BCUT2D eigenvalue weighted by molar-refractivity contribution is -0.139. The van der Waals surface area contributed by atoms with Crippen LogP contribution in [-0.2, 0) is 25.7 Å². The smallest absolute Gasteiger partial charge is 0.270 e. The molecule has 2 fully saturated rings. The van der Waals surface area contributed by atoms with Crippen LogP contribution in [0.1, 0.15) is 68.4 Å². The van der Waals surface area contributed by atoms with Gasteiger partial charge in [-0.1, -0.05) is 32.8 Å². The summed E-state index contributed by atoms with van der Waals surface area (Å²) in [6.07, 6.45) is 4.95. The molecule has 0 unspecified atom stereocenters. The average molecular weight is 642 g/mol. The van der Waals surface area contributed by atoms with E-state index in [9.17, 15) is 19.2 Å². The quantitative estimate of drug-likeness (QED) is 0.324. The lowest BCUT2D eigenvalue weighted by Crippen LogP contribution is -2.56. The van der Waals surface area contributed by atoms with Gasteiger partial charge in [-0.05, 0) is 62.4 Å². The SMILES string of the molecule is CCn1nccc1C(=O)N[C@H](C(=O)Nc1ccc([C@H](C)[C@@H](NC(=O)COC)C(=O)N2CCN(C)CC2)cc1F)[C@H]1CC[C@H](C)CC1. The van der Waals surface area contributed by atoms with Crippen LogP contribution < -0.4 is 16.0 Å². The fourth-order valence-corrected chi connectivity index (χ4v) is 6.30. The third-order valence-electron chi connectivity index (χ3n) is 9.30. The maximum Gasteiger partial charge on any atom is 0.270 e. The van der Waals surface area contributed by atoms with Crippen LogP contribution in [0.3, 0.4) is 0 Å². The van der Waals surface area contributed by atoms with Crippen molar-refractivity contribution < 1.29 is 28.3 Å². The third kappa shape index (κ3) is 8.69. The molecule has 1 aliphatic carbocycles. The van der Waals surface area contributed by atoms with Gasteiger partial charge in [-0.15, -0.1) is 0 Å². The zero-order chi connectivity index (χ0) is 33.4. The molecule has 3 N–H and O–H groups in total. The van der Waals surface area contributed by atoms with E-state index in [1.54, 1.807) is 34.8 Å². The largest absolute Gasteiger partial charge is 0.375 e. The van der Waals surface area contributed by atoms with Crippen molar-refractivity contribution in [3.63, 3.8) is 0 Å². The second-order valence-electron chi connectivity index (χ2n) is 12.6. The Balaban J connectivity index is 1.52. The van der Waals surface area contributed by atoms with Crippen LogP contribution in [0.5, 0.6) is 0 Å². The number of likely N-dealkylation sites (N-methyl/N-ethyl adjacent to an activating group) is 1. The first-order valence-corrected chi connectivity index (χ1v) is 16.2. The summed E-state index contributed by atoms with van der Waals surface area (Å²) in [4.78, 5) is 56.8. The maximum absolute atomic E-state index is 15.6. The van der Waals surface area contributed by atoms with Gasteiger partial charge in [-0.2, -0.15) is 5.10 Å². The standard InChI is InChI=1S/C33H48FN7O5/c1-6-41-27(13-14-35-41)31(43)38-30(23-9-7-21(2)8-10-23)32(44)36-26-12-11-24(19-25(26)34)22(3)29(37-28(42)20-46-5)33(45)40-17-15-39(4)16-18-40/h11-14,19,21-23,29-30H,6-10,15-18,20H2,1-5H3,(H,36,44)(H,37,42)(H,38,43)/t21-,22-,23-,29+,30-/m0/s1. The number of methoxy groups -OCH3 is 1. The number of anilines is 1. The van der Waals surface area contributed by atoms with Gasteiger partial charge in [0.25, 0.3) is 5.91 Å². The van der Waals surface area contributed by atoms with E-state index in [1.807, 2.05) is 14.0 Å². The molecule has 2 aliphatic rings. The van der Waals surface area contributed by atoms with Gasteiger partial charge in [-0.3, -0.25) is 23.9 Å².